The van der Waals surface area contributed by atoms with Crippen molar-refractivity contribution in [2.75, 3.05) is 13.1 Å². The lowest BCUT2D eigenvalue weighted by Crippen LogP contribution is -2.55. The number of nitrogens with zero attached hydrogens (tertiary/aromatic N) is 1. The van der Waals surface area contributed by atoms with Gasteiger partial charge in [-0.05, 0) is 57.0 Å². The van der Waals surface area contributed by atoms with E-state index in [4.69, 9.17) is 0 Å². The first-order valence-electron chi connectivity index (χ1n) is 8.67. The van der Waals surface area contributed by atoms with Crippen LogP contribution in [0.4, 0.5) is 0 Å². The number of imide groups is 1. The average molecular weight is 292 g/mol. The Morgan fingerprint density at radius 3 is 2.33 bits per heavy atom. The zero-order chi connectivity index (χ0) is 14.9. The Labute approximate surface area is 127 Å². The van der Waals surface area contributed by atoms with Crippen molar-refractivity contribution in [3.05, 3.63) is 0 Å². The van der Waals surface area contributed by atoms with E-state index in [1.54, 1.807) is 4.90 Å². The van der Waals surface area contributed by atoms with Gasteiger partial charge in [-0.25, -0.2) is 0 Å². The Kier molecular flexibility index (Phi) is 4.34. The van der Waals surface area contributed by atoms with Crippen LogP contribution < -0.4 is 5.32 Å². The van der Waals surface area contributed by atoms with E-state index < -0.39 is 0 Å². The van der Waals surface area contributed by atoms with Gasteiger partial charge in [-0.3, -0.25) is 14.5 Å². The summed E-state index contributed by atoms with van der Waals surface area (Å²) in [6, 6.07) is 0.0544. The molecule has 21 heavy (non-hydrogen) atoms. The second kappa shape index (κ2) is 6.07. The van der Waals surface area contributed by atoms with Crippen molar-refractivity contribution in [1.82, 2.24) is 10.2 Å². The molecule has 2 unspecified atom stereocenters. The third-order valence-electron chi connectivity index (χ3n) is 5.93. The largest absolute Gasteiger partial charge is 0.316 e. The van der Waals surface area contributed by atoms with Crippen LogP contribution in [-0.4, -0.2) is 35.8 Å². The highest BCUT2D eigenvalue weighted by molar-refractivity contribution is 5.99. The van der Waals surface area contributed by atoms with E-state index in [1.807, 2.05) is 0 Å². The zero-order valence-corrected chi connectivity index (χ0v) is 13.2. The molecule has 1 aliphatic carbocycles. The van der Waals surface area contributed by atoms with Crippen molar-refractivity contribution in [3.63, 3.8) is 0 Å². The molecule has 1 spiro atoms. The Morgan fingerprint density at radius 1 is 1.10 bits per heavy atom. The predicted molar refractivity (Wildman–Crippen MR) is 81.7 cm³/mol. The van der Waals surface area contributed by atoms with Crippen molar-refractivity contribution in [2.24, 2.45) is 11.3 Å². The molecule has 3 rings (SSSR count). The van der Waals surface area contributed by atoms with E-state index in [1.165, 1.54) is 19.3 Å². The number of piperidine rings is 2. The maximum atomic E-state index is 12.6. The summed E-state index contributed by atoms with van der Waals surface area (Å²) in [6.45, 7) is 4.06. The molecule has 4 heteroatoms. The molecule has 2 saturated heterocycles. The minimum absolute atomic E-state index is 0.00739. The van der Waals surface area contributed by atoms with E-state index in [0.717, 1.165) is 38.8 Å². The van der Waals surface area contributed by atoms with E-state index >= 15 is 0 Å². The van der Waals surface area contributed by atoms with Crippen LogP contribution in [-0.2, 0) is 9.59 Å². The SMILES string of the molecule is CC(C1CCCNC1)N1C(=O)CC2(CCCCC2)CC1=O. The third kappa shape index (κ3) is 3.01. The molecule has 0 radical (unpaired) electrons. The fraction of sp³-hybridized carbons (Fsp3) is 0.882. The number of rotatable bonds is 2. The van der Waals surface area contributed by atoms with Crippen LogP contribution in [0.1, 0.15) is 64.7 Å². The molecule has 3 aliphatic rings. The fourth-order valence-corrected chi connectivity index (χ4v) is 4.62. The van der Waals surface area contributed by atoms with Gasteiger partial charge in [0.15, 0.2) is 0 Å². The van der Waals surface area contributed by atoms with Crippen LogP contribution in [0.25, 0.3) is 0 Å². The van der Waals surface area contributed by atoms with Gasteiger partial charge < -0.3 is 5.32 Å². The first kappa shape index (κ1) is 15.0. The maximum absolute atomic E-state index is 12.6. The van der Waals surface area contributed by atoms with Crippen molar-refractivity contribution in [2.45, 2.75) is 70.8 Å². The lowest BCUT2D eigenvalue weighted by atomic mass is 9.67. The molecule has 2 amide bonds. The normalized spacial score (nSPS) is 31.5. The van der Waals surface area contributed by atoms with Gasteiger partial charge in [-0.15, -0.1) is 0 Å². The quantitative estimate of drug-likeness (QED) is 0.795. The van der Waals surface area contributed by atoms with Gasteiger partial charge in [-0.1, -0.05) is 19.3 Å². The number of carbonyl (C=O) groups is 2. The average Bonchev–Trinajstić information content (AvgIpc) is 2.48. The van der Waals surface area contributed by atoms with Crippen LogP contribution in [0.15, 0.2) is 0 Å². The smallest absolute Gasteiger partial charge is 0.229 e. The number of likely N-dealkylation sites (tertiary alicyclic amines) is 1. The minimum Gasteiger partial charge on any atom is -0.316 e. The lowest BCUT2D eigenvalue weighted by molar-refractivity contribution is -0.158. The number of hydrogen-bond acceptors (Lipinski definition) is 3. The third-order valence-corrected chi connectivity index (χ3v) is 5.93. The van der Waals surface area contributed by atoms with Gasteiger partial charge >= 0.3 is 0 Å². The van der Waals surface area contributed by atoms with Crippen molar-refractivity contribution >= 4 is 11.8 Å². The van der Waals surface area contributed by atoms with Gasteiger partial charge in [-0.2, -0.15) is 0 Å². The van der Waals surface area contributed by atoms with Gasteiger partial charge in [0, 0.05) is 18.9 Å². The second-order valence-electron chi connectivity index (χ2n) is 7.42. The topological polar surface area (TPSA) is 49.4 Å². The van der Waals surface area contributed by atoms with Crippen LogP contribution >= 0.6 is 0 Å². The highest BCUT2D eigenvalue weighted by Crippen LogP contribution is 2.46. The summed E-state index contributed by atoms with van der Waals surface area (Å²) in [5.41, 5.74) is 0.00739. The number of hydrogen-bond donors (Lipinski definition) is 1. The van der Waals surface area contributed by atoms with Crippen LogP contribution in [0, 0.1) is 11.3 Å². The van der Waals surface area contributed by atoms with Gasteiger partial charge in [0.05, 0.1) is 0 Å². The molecule has 2 heterocycles. The first-order chi connectivity index (χ1) is 10.1. The summed E-state index contributed by atoms with van der Waals surface area (Å²) in [5, 5.41) is 3.39. The highest BCUT2D eigenvalue weighted by atomic mass is 16.2. The number of nitrogens with one attached hydrogen (secondary N) is 1. The summed E-state index contributed by atoms with van der Waals surface area (Å²) in [7, 11) is 0. The first-order valence-corrected chi connectivity index (χ1v) is 8.67. The van der Waals surface area contributed by atoms with Gasteiger partial charge in [0.2, 0.25) is 11.8 Å². The van der Waals surface area contributed by atoms with Crippen molar-refractivity contribution in [3.8, 4) is 0 Å². The lowest BCUT2D eigenvalue weighted by Gasteiger charge is -2.45. The van der Waals surface area contributed by atoms with E-state index in [-0.39, 0.29) is 23.3 Å². The van der Waals surface area contributed by atoms with E-state index in [2.05, 4.69) is 12.2 Å². The Hall–Kier alpha value is -0.900. The maximum Gasteiger partial charge on any atom is 0.229 e. The molecule has 0 aromatic heterocycles. The standard InChI is InChI=1S/C17H28N2O2/c1-13(14-6-5-9-18-12-14)19-15(20)10-17(11-16(19)21)7-3-2-4-8-17/h13-14,18H,2-12H2,1H3. The summed E-state index contributed by atoms with van der Waals surface area (Å²) < 4.78 is 0. The predicted octanol–water partition coefficient (Wildman–Crippen LogP) is 2.47. The molecule has 0 aromatic rings. The van der Waals surface area contributed by atoms with Crippen LogP contribution in [0.2, 0.25) is 0 Å². The summed E-state index contributed by atoms with van der Waals surface area (Å²) in [5.74, 6) is 0.601. The minimum atomic E-state index is 0.00739. The molecule has 4 nitrogen and oxygen atoms in total. The fourth-order valence-electron chi connectivity index (χ4n) is 4.62. The molecule has 3 fully saturated rings. The molecule has 2 aliphatic heterocycles. The summed E-state index contributed by atoms with van der Waals surface area (Å²) in [6.07, 6.45) is 9.23. The molecule has 1 N–H and O–H groups in total. The summed E-state index contributed by atoms with van der Waals surface area (Å²) >= 11 is 0. The molecule has 1 saturated carbocycles. The molecular formula is C17H28N2O2. The Morgan fingerprint density at radius 2 is 1.76 bits per heavy atom. The van der Waals surface area contributed by atoms with Crippen LogP contribution in [0.5, 0.6) is 0 Å². The Balaban J connectivity index is 1.69. The Bertz CT molecular complexity index is 389. The van der Waals surface area contributed by atoms with Gasteiger partial charge in [0.1, 0.15) is 0 Å². The molecule has 0 aromatic carbocycles. The van der Waals surface area contributed by atoms with E-state index in [9.17, 15) is 9.59 Å². The second-order valence-corrected chi connectivity index (χ2v) is 7.42. The molecular weight excluding hydrogens is 264 g/mol. The number of carbonyl (C=O) groups excluding carboxylic acids is 2. The number of amides is 2. The summed E-state index contributed by atoms with van der Waals surface area (Å²) in [4.78, 5) is 26.9. The zero-order valence-electron chi connectivity index (χ0n) is 13.2. The molecule has 0 bridgehead atoms. The van der Waals surface area contributed by atoms with Gasteiger partial charge in [0.25, 0.3) is 0 Å². The molecule has 118 valence electrons. The van der Waals surface area contributed by atoms with E-state index in [0.29, 0.717) is 18.8 Å². The van der Waals surface area contributed by atoms with Crippen molar-refractivity contribution in [1.29, 1.82) is 0 Å². The molecule has 2 atom stereocenters. The highest BCUT2D eigenvalue weighted by Gasteiger charge is 2.46. The monoisotopic (exact) mass is 292 g/mol. The van der Waals surface area contributed by atoms with Crippen molar-refractivity contribution < 1.29 is 9.59 Å². The van der Waals surface area contributed by atoms with Crippen LogP contribution in [0.3, 0.4) is 0 Å².